The fourth-order valence-electron chi connectivity index (χ4n) is 3.32. The number of quaternary nitrogens is 1. The molecule has 1 N–H and O–H groups in total. The van der Waals surface area contributed by atoms with Crippen LogP contribution in [0.4, 0.5) is 0 Å². The van der Waals surface area contributed by atoms with Gasteiger partial charge in [-0.2, -0.15) is 0 Å². The number of halogens is 1. The summed E-state index contributed by atoms with van der Waals surface area (Å²) in [6.07, 6.45) is 19.9. The van der Waals surface area contributed by atoms with Gasteiger partial charge in [-0.15, -0.1) is 0 Å². The molecule has 0 atom stereocenters. The Morgan fingerprint density at radius 1 is 0.615 bits per heavy atom. The third-order valence-electron chi connectivity index (χ3n) is 5.19. The van der Waals surface area contributed by atoms with Crippen molar-refractivity contribution in [1.29, 1.82) is 0 Å². The van der Waals surface area contributed by atoms with E-state index in [1.807, 2.05) is 0 Å². The number of likely N-dealkylation sites (N-methyl/N-ethyl adjacent to an activating group) is 1. The van der Waals surface area contributed by atoms with Crippen molar-refractivity contribution in [3.05, 3.63) is 0 Å². The first-order chi connectivity index (χ1) is 12.1. The van der Waals surface area contributed by atoms with Gasteiger partial charge in [0.05, 0.1) is 40.5 Å². The standard InChI is InChI=1S/C22H48NO2.ClH/c1-4-5-6-7-8-9-10-11-12-13-14-15-16-17-18-23(2,3)19-21-25-22-20-24;/h24H,4-22H2,1-3H3;1H/q+1;/p-1. The van der Waals surface area contributed by atoms with Gasteiger partial charge in [-0.05, 0) is 12.8 Å². The lowest BCUT2D eigenvalue weighted by Crippen LogP contribution is -3.00. The first kappa shape index (κ1) is 28.4. The SMILES string of the molecule is CCCCCCCCCCCCCCCC[N+](C)(C)CCOCCO.[Cl-]. The van der Waals surface area contributed by atoms with E-state index < -0.39 is 0 Å². The number of rotatable bonds is 20. The molecule has 0 aromatic carbocycles. The minimum absolute atomic E-state index is 0. The summed E-state index contributed by atoms with van der Waals surface area (Å²) in [5, 5.41) is 8.71. The minimum Gasteiger partial charge on any atom is -1.00 e. The molecular formula is C22H48ClNO2. The van der Waals surface area contributed by atoms with Gasteiger partial charge in [0, 0.05) is 0 Å². The number of unbranched alkanes of at least 4 members (excludes halogenated alkanes) is 13. The second kappa shape index (κ2) is 21.5. The molecule has 3 nitrogen and oxygen atoms in total. The summed E-state index contributed by atoms with van der Waals surface area (Å²) in [7, 11) is 4.56. The molecule has 0 unspecified atom stereocenters. The van der Waals surface area contributed by atoms with Gasteiger partial charge in [0.15, 0.2) is 0 Å². The molecule has 0 heterocycles. The number of nitrogens with zero attached hydrogens (tertiary/aromatic N) is 1. The van der Waals surface area contributed by atoms with Gasteiger partial charge in [-0.1, -0.05) is 84.0 Å². The maximum Gasteiger partial charge on any atom is 0.102 e. The lowest BCUT2D eigenvalue weighted by molar-refractivity contribution is -0.891. The van der Waals surface area contributed by atoms with Crippen molar-refractivity contribution < 1.29 is 26.7 Å². The van der Waals surface area contributed by atoms with E-state index in [9.17, 15) is 0 Å². The van der Waals surface area contributed by atoms with Crippen LogP contribution >= 0.6 is 0 Å². The van der Waals surface area contributed by atoms with Gasteiger partial charge in [0.25, 0.3) is 0 Å². The Balaban J connectivity index is 0. The number of aliphatic hydroxyl groups is 1. The van der Waals surface area contributed by atoms with Crippen LogP contribution in [0.3, 0.4) is 0 Å². The summed E-state index contributed by atoms with van der Waals surface area (Å²) in [4.78, 5) is 0. The predicted molar refractivity (Wildman–Crippen MR) is 110 cm³/mol. The molecule has 0 aromatic rings. The highest BCUT2D eigenvalue weighted by molar-refractivity contribution is 4.49. The van der Waals surface area contributed by atoms with Crippen LogP contribution in [-0.4, -0.2) is 56.6 Å². The van der Waals surface area contributed by atoms with Crippen molar-refractivity contribution in [2.24, 2.45) is 0 Å². The summed E-state index contributed by atoms with van der Waals surface area (Å²) < 4.78 is 6.41. The highest BCUT2D eigenvalue weighted by atomic mass is 35.5. The topological polar surface area (TPSA) is 29.5 Å². The first-order valence-electron chi connectivity index (χ1n) is 11.1. The highest BCUT2D eigenvalue weighted by Gasteiger charge is 2.13. The first-order valence-corrected chi connectivity index (χ1v) is 11.1. The van der Waals surface area contributed by atoms with Crippen LogP contribution in [0.2, 0.25) is 0 Å². The van der Waals surface area contributed by atoms with E-state index >= 15 is 0 Å². The molecule has 0 amide bonds. The molecule has 0 aromatic heterocycles. The van der Waals surface area contributed by atoms with Gasteiger partial charge in [-0.25, -0.2) is 0 Å². The Kier molecular flexibility index (Phi) is 23.4. The average molecular weight is 394 g/mol. The van der Waals surface area contributed by atoms with E-state index in [1.165, 1.54) is 96.4 Å². The number of ether oxygens (including phenoxy) is 1. The van der Waals surface area contributed by atoms with E-state index in [0.717, 1.165) is 17.6 Å². The molecule has 26 heavy (non-hydrogen) atoms. The van der Waals surface area contributed by atoms with E-state index in [4.69, 9.17) is 9.84 Å². The van der Waals surface area contributed by atoms with Crippen LogP contribution in [-0.2, 0) is 4.74 Å². The van der Waals surface area contributed by atoms with Gasteiger partial charge in [0.2, 0.25) is 0 Å². The van der Waals surface area contributed by atoms with Crippen LogP contribution in [0, 0.1) is 0 Å². The van der Waals surface area contributed by atoms with Gasteiger partial charge in [-0.3, -0.25) is 0 Å². The zero-order chi connectivity index (χ0) is 18.6. The maximum absolute atomic E-state index is 8.71. The molecule has 0 aliphatic heterocycles. The minimum atomic E-state index is 0. The zero-order valence-electron chi connectivity index (χ0n) is 18.1. The smallest absolute Gasteiger partial charge is 0.102 e. The summed E-state index contributed by atoms with van der Waals surface area (Å²) in [6, 6.07) is 0. The molecule has 0 saturated carbocycles. The highest BCUT2D eigenvalue weighted by Crippen LogP contribution is 2.13. The van der Waals surface area contributed by atoms with E-state index in [2.05, 4.69) is 21.0 Å². The molecule has 0 bridgehead atoms. The monoisotopic (exact) mass is 393 g/mol. The van der Waals surface area contributed by atoms with E-state index in [0.29, 0.717) is 6.61 Å². The Morgan fingerprint density at radius 2 is 1.04 bits per heavy atom. The Labute approximate surface area is 170 Å². The molecule has 0 aliphatic rings. The second-order valence-electron chi connectivity index (χ2n) is 8.32. The molecule has 0 aliphatic carbocycles. The predicted octanol–water partition coefficient (Wildman–Crippen LogP) is 2.56. The number of aliphatic hydroxyl groups excluding tert-OH is 1. The molecule has 0 fully saturated rings. The summed E-state index contributed by atoms with van der Waals surface area (Å²) in [6.45, 7) is 5.92. The lowest BCUT2D eigenvalue weighted by Gasteiger charge is -2.29. The Morgan fingerprint density at radius 3 is 1.46 bits per heavy atom. The average Bonchev–Trinajstić information content (AvgIpc) is 2.59. The van der Waals surface area contributed by atoms with Crippen molar-refractivity contribution in [3.63, 3.8) is 0 Å². The molecule has 0 radical (unpaired) electrons. The van der Waals surface area contributed by atoms with Crippen molar-refractivity contribution in [2.75, 3.05) is 47.0 Å². The van der Waals surface area contributed by atoms with Crippen LogP contribution in [0.1, 0.15) is 96.8 Å². The maximum atomic E-state index is 8.71. The number of hydrogen-bond acceptors (Lipinski definition) is 2. The van der Waals surface area contributed by atoms with Gasteiger partial charge >= 0.3 is 0 Å². The third kappa shape index (κ3) is 22.2. The summed E-state index contributed by atoms with van der Waals surface area (Å²) in [5.41, 5.74) is 0. The molecule has 0 rings (SSSR count). The normalized spacial score (nSPS) is 11.5. The van der Waals surface area contributed by atoms with Crippen LogP contribution in [0.15, 0.2) is 0 Å². The van der Waals surface area contributed by atoms with Crippen LogP contribution < -0.4 is 12.4 Å². The van der Waals surface area contributed by atoms with Crippen molar-refractivity contribution in [3.8, 4) is 0 Å². The number of hydrogen-bond donors (Lipinski definition) is 1. The molecule has 0 saturated heterocycles. The van der Waals surface area contributed by atoms with Crippen LogP contribution in [0.25, 0.3) is 0 Å². The quantitative estimate of drug-likeness (QED) is 0.254. The lowest BCUT2D eigenvalue weighted by atomic mass is 10.0. The Bertz CT molecular complexity index is 263. The van der Waals surface area contributed by atoms with Gasteiger partial charge in [0.1, 0.15) is 6.54 Å². The van der Waals surface area contributed by atoms with Crippen LogP contribution in [0.5, 0.6) is 0 Å². The fraction of sp³-hybridized carbons (Fsp3) is 1.00. The summed E-state index contributed by atoms with van der Waals surface area (Å²) >= 11 is 0. The van der Waals surface area contributed by atoms with E-state index in [1.54, 1.807) is 0 Å². The van der Waals surface area contributed by atoms with E-state index in [-0.39, 0.29) is 19.0 Å². The van der Waals surface area contributed by atoms with Crippen molar-refractivity contribution >= 4 is 0 Å². The molecule has 4 heteroatoms. The third-order valence-corrected chi connectivity index (χ3v) is 5.19. The molecule has 0 spiro atoms. The van der Waals surface area contributed by atoms with Crippen molar-refractivity contribution in [2.45, 2.75) is 96.8 Å². The molecule has 160 valence electrons. The second-order valence-corrected chi connectivity index (χ2v) is 8.32. The fourth-order valence-corrected chi connectivity index (χ4v) is 3.32. The zero-order valence-corrected chi connectivity index (χ0v) is 18.9. The van der Waals surface area contributed by atoms with Crippen molar-refractivity contribution in [1.82, 2.24) is 0 Å². The Hall–Kier alpha value is 0.170. The molecular weight excluding hydrogens is 346 g/mol. The summed E-state index contributed by atoms with van der Waals surface area (Å²) in [5.74, 6) is 0. The largest absolute Gasteiger partial charge is 1.00 e. The van der Waals surface area contributed by atoms with Gasteiger partial charge < -0.3 is 26.7 Å².